The van der Waals surface area contributed by atoms with Crippen LogP contribution >= 0.6 is 11.6 Å². The highest BCUT2D eigenvalue weighted by Crippen LogP contribution is 2.25. The number of rotatable bonds is 4. The molecule has 3 aromatic rings. The maximum absolute atomic E-state index is 13.9. The number of halogens is 2. The third kappa shape index (κ3) is 2.67. The molecule has 4 heteroatoms. The van der Waals surface area contributed by atoms with Crippen LogP contribution in [0, 0.1) is 5.82 Å². The smallest absolute Gasteiger partial charge is 0.129 e. The summed E-state index contributed by atoms with van der Waals surface area (Å²) < 4.78 is 15.9. The van der Waals surface area contributed by atoms with Crippen LogP contribution in [0.5, 0.6) is 0 Å². The second-order valence-corrected chi connectivity index (χ2v) is 5.44. The third-order valence-electron chi connectivity index (χ3n) is 3.71. The average molecular weight is 303 g/mol. The van der Waals surface area contributed by atoms with Crippen molar-refractivity contribution in [3.05, 3.63) is 70.6 Å². The molecule has 0 saturated carbocycles. The largest absolute Gasteiger partial charge is 0.343 e. The number of fused-ring (bicyclic) bond motifs is 1. The molecule has 0 atom stereocenters. The number of nitrogens with zero attached hydrogens (tertiary/aromatic N) is 1. The minimum Gasteiger partial charge on any atom is -0.343 e. The number of nitrogens with two attached hydrogens (primary N) is 1. The first-order chi connectivity index (χ1) is 10.2. The molecule has 0 fully saturated rings. The van der Waals surface area contributed by atoms with Crippen LogP contribution in [0.25, 0.3) is 10.9 Å². The summed E-state index contributed by atoms with van der Waals surface area (Å²) in [5.41, 5.74) is 8.45. The predicted molar refractivity (Wildman–Crippen MR) is 85.2 cm³/mol. The van der Waals surface area contributed by atoms with E-state index in [2.05, 4.69) is 12.1 Å². The molecule has 0 spiro atoms. The van der Waals surface area contributed by atoms with Crippen LogP contribution in [0.3, 0.4) is 0 Å². The molecule has 0 unspecified atom stereocenters. The van der Waals surface area contributed by atoms with Gasteiger partial charge < -0.3 is 10.3 Å². The van der Waals surface area contributed by atoms with E-state index in [1.54, 1.807) is 12.1 Å². The SMILES string of the molecule is NCCc1cccc2c1ccn2Cc1c(F)cccc1Cl. The fraction of sp³-hybridized carbons (Fsp3) is 0.176. The van der Waals surface area contributed by atoms with Gasteiger partial charge >= 0.3 is 0 Å². The van der Waals surface area contributed by atoms with Gasteiger partial charge in [0.25, 0.3) is 0 Å². The van der Waals surface area contributed by atoms with Gasteiger partial charge in [0.15, 0.2) is 0 Å². The lowest BCUT2D eigenvalue weighted by Gasteiger charge is -2.09. The lowest BCUT2D eigenvalue weighted by Crippen LogP contribution is -2.04. The molecule has 2 nitrogen and oxygen atoms in total. The number of aromatic nitrogens is 1. The van der Waals surface area contributed by atoms with Gasteiger partial charge in [-0.25, -0.2) is 4.39 Å². The van der Waals surface area contributed by atoms with Crippen LogP contribution in [-0.2, 0) is 13.0 Å². The van der Waals surface area contributed by atoms with E-state index < -0.39 is 0 Å². The van der Waals surface area contributed by atoms with E-state index in [0.717, 1.165) is 17.3 Å². The highest BCUT2D eigenvalue weighted by atomic mass is 35.5. The minimum atomic E-state index is -0.275. The molecular formula is C17H16ClFN2. The van der Waals surface area contributed by atoms with Crippen molar-refractivity contribution in [1.82, 2.24) is 4.57 Å². The number of benzene rings is 2. The van der Waals surface area contributed by atoms with Crippen molar-refractivity contribution in [3.63, 3.8) is 0 Å². The maximum atomic E-state index is 13.9. The van der Waals surface area contributed by atoms with Crippen LogP contribution in [0.4, 0.5) is 4.39 Å². The van der Waals surface area contributed by atoms with Crippen LogP contribution in [-0.4, -0.2) is 11.1 Å². The average Bonchev–Trinajstić information content (AvgIpc) is 2.88. The summed E-state index contributed by atoms with van der Waals surface area (Å²) in [7, 11) is 0. The van der Waals surface area contributed by atoms with Gasteiger partial charge in [-0.15, -0.1) is 0 Å². The topological polar surface area (TPSA) is 30.9 Å². The van der Waals surface area contributed by atoms with Crippen molar-refractivity contribution < 1.29 is 4.39 Å². The minimum absolute atomic E-state index is 0.275. The Morgan fingerprint density at radius 2 is 1.90 bits per heavy atom. The zero-order valence-corrected chi connectivity index (χ0v) is 12.3. The molecule has 2 N–H and O–H groups in total. The standard InChI is InChI=1S/C17H16ClFN2/c18-15-4-2-5-16(19)14(15)11-21-10-8-13-12(7-9-20)3-1-6-17(13)21/h1-6,8,10H,7,9,11,20H2. The van der Waals surface area contributed by atoms with Crippen molar-refractivity contribution in [3.8, 4) is 0 Å². The Morgan fingerprint density at radius 3 is 2.67 bits per heavy atom. The summed E-state index contributed by atoms with van der Waals surface area (Å²) in [6, 6.07) is 12.9. The lowest BCUT2D eigenvalue weighted by molar-refractivity contribution is 0.602. The van der Waals surface area contributed by atoms with Gasteiger partial charge in [-0.05, 0) is 42.8 Å². The first kappa shape index (κ1) is 14.1. The van der Waals surface area contributed by atoms with E-state index >= 15 is 0 Å². The van der Waals surface area contributed by atoms with Crippen LogP contribution in [0.1, 0.15) is 11.1 Å². The Labute approximate surface area is 127 Å². The molecule has 0 aliphatic rings. The molecule has 1 aromatic heterocycles. The fourth-order valence-corrected chi connectivity index (χ4v) is 2.88. The quantitative estimate of drug-likeness (QED) is 0.776. The zero-order chi connectivity index (χ0) is 14.8. The number of hydrogen-bond donors (Lipinski definition) is 1. The Bertz CT molecular complexity index is 759. The van der Waals surface area contributed by atoms with Crippen molar-refractivity contribution in [2.75, 3.05) is 6.54 Å². The van der Waals surface area contributed by atoms with Crippen molar-refractivity contribution in [2.24, 2.45) is 5.73 Å². The van der Waals surface area contributed by atoms with Gasteiger partial charge in [-0.3, -0.25) is 0 Å². The summed E-state index contributed by atoms with van der Waals surface area (Å²) in [5, 5.41) is 1.62. The van der Waals surface area contributed by atoms with Crippen molar-refractivity contribution >= 4 is 22.5 Å². The zero-order valence-electron chi connectivity index (χ0n) is 11.5. The molecule has 21 heavy (non-hydrogen) atoms. The predicted octanol–water partition coefficient (Wildman–Crippen LogP) is 3.98. The van der Waals surface area contributed by atoms with E-state index in [1.165, 1.54) is 11.6 Å². The summed E-state index contributed by atoms with van der Waals surface area (Å²) in [6.07, 6.45) is 2.80. The first-order valence-electron chi connectivity index (χ1n) is 6.90. The molecule has 0 aliphatic carbocycles. The molecule has 0 amide bonds. The van der Waals surface area contributed by atoms with Crippen LogP contribution in [0.2, 0.25) is 5.02 Å². The van der Waals surface area contributed by atoms with Gasteiger partial charge in [0.1, 0.15) is 5.82 Å². The Morgan fingerprint density at radius 1 is 1.10 bits per heavy atom. The van der Waals surface area contributed by atoms with E-state index in [0.29, 0.717) is 23.7 Å². The van der Waals surface area contributed by atoms with Gasteiger partial charge in [0.2, 0.25) is 0 Å². The number of hydrogen-bond acceptors (Lipinski definition) is 1. The van der Waals surface area contributed by atoms with Gasteiger partial charge in [-0.1, -0.05) is 29.8 Å². The molecular weight excluding hydrogens is 287 g/mol. The molecule has 0 radical (unpaired) electrons. The monoisotopic (exact) mass is 302 g/mol. The molecule has 0 aliphatic heterocycles. The molecule has 0 saturated heterocycles. The molecule has 3 rings (SSSR count). The van der Waals surface area contributed by atoms with Gasteiger partial charge in [0.05, 0.1) is 6.54 Å². The van der Waals surface area contributed by atoms with E-state index in [-0.39, 0.29) is 5.82 Å². The van der Waals surface area contributed by atoms with E-state index in [9.17, 15) is 4.39 Å². The maximum Gasteiger partial charge on any atom is 0.129 e. The molecule has 108 valence electrons. The van der Waals surface area contributed by atoms with E-state index in [4.69, 9.17) is 17.3 Å². The normalized spacial score (nSPS) is 11.2. The van der Waals surface area contributed by atoms with E-state index in [1.807, 2.05) is 22.9 Å². The molecule has 0 bridgehead atoms. The summed E-state index contributed by atoms with van der Waals surface area (Å²) >= 11 is 6.11. The second kappa shape index (κ2) is 5.88. The summed E-state index contributed by atoms with van der Waals surface area (Å²) in [6.45, 7) is 1.03. The highest BCUT2D eigenvalue weighted by molar-refractivity contribution is 6.31. The van der Waals surface area contributed by atoms with Crippen LogP contribution in [0.15, 0.2) is 48.7 Å². The highest BCUT2D eigenvalue weighted by Gasteiger charge is 2.10. The van der Waals surface area contributed by atoms with Gasteiger partial charge in [-0.2, -0.15) is 0 Å². The van der Waals surface area contributed by atoms with Gasteiger partial charge in [0, 0.05) is 27.7 Å². The fourth-order valence-electron chi connectivity index (χ4n) is 2.65. The molecule has 2 aromatic carbocycles. The Balaban J connectivity index is 2.04. The molecule has 1 heterocycles. The first-order valence-corrected chi connectivity index (χ1v) is 7.28. The second-order valence-electron chi connectivity index (χ2n) is 5.03. The Kier molecular flexibility index (Phi) is 3.95. The summed E-state index contributed by atoms with van der Waals surface area (Å²) in [5.74, 6) is -0.275. The lowest BCUT2D eigenvalue weighted by atomic mass is 10.1. The van der Waals surface area contributed by atoms with Crippen molar-refractivity contribution in [1.29, 1.82) is 0 Å². The summed E-state index contributed by atoms with van der Waals surface area (Å²) in [4.78, 5) is 0. The Hall–Kier alpha value is -1.84. The van der Waals surface area contributed by atoms with Crippen LogP contribution < -0.4 is 5.73 Å². The van der Waals surface area contributed by atoms with Crippen molar-refractivity contribution in [2.45, 2.75) is 13.0 Å². The third-order valence-corrected chi connectivity index (χ3v) is 4.06.